The normalized spacial score (nSPS) is 13.0. The summed E-state index contributed by atoms with van der Waals surface area (Å²) in [5.74, 6) is -2.48. The van der Waals surface area contributed by atoms with E-state index in [9.17, 15) is 18.0 Å². The number of hydrogen-bond acceptors (Lipinski definition) is 4. The van der Waals surface area contributed by atoms with Gasteiger partial charge in [0.1, 0.15) is 5.25 Å². The fourth-order valence-electron chi connectivity index (χ4n) is 1.25. The third kappa shape index (κ3) is 2.99. The van der Waals surface area contributed by atoms with Crippen LogP contribution in [0.4, 0.5) is 0 Å². The van der Waals surface area contributed by atoms with Crippen LogP contribution in [0.2, 0.25) is 10.0 Å². The first-order valence-corrected chi connectivity index (χ1v) is 7.14. The average Bonchev–Trinajstić information content (AvgIpc) is 2.26. The van der Waals surface area contributed by atoms with Crippen LogP contribution >= 0.6 is 23.2 Å². The summed E-state index contributed by atoms with van der Waals surface area (Å²) in [5.41, 5.74) is 4.50. The second kappa shape index (κ2) is 5.36. The maximum Gasteiger partial charge on any atom is 0.337 e. The molecule has 19 heavy (non-hydrogen) atoms. The van der Waals surface area contributed by atoms with E-state index in [1.54, 1.807) is 0 Å². The van der Waals surface area contributed by atoms with E-state index in [0.29, 0.717) is 0 Å². The van der Waals surface area contributed by atoms with Crippen LogP contribution in [0.15, 0.2) is 17.0 Å². The second-order valence-electron chi connectivity index (χ2n) is 3.66. The predicted molar refractivity (Wildman–Crippen MR) is 69.3 cm³/mol. The SMILES string of the molecule is CC(C(N)=O)S(=O)(=O)c1cc(C(=O)O)c(Cl)cc1Cl. The highest BCUT2D eigenvalue weighted by Gasteiger charge is 2.31. The Hall–Kier alpha value is -1.31. The zero-order chi connectivity index (χ0) is 15.0. The minimum absolute atomic E-state index is 0.205. The van der Waals surface area contributed by atoms with Gasteiger partial charge in [0.2, 0.25) is 5.91 Å². The minimum Gasteiger partial charge on any atom is -0.478 e. The van der Waals surface area contributed by atoms with Crippen LogP contribution in [0.25, 0.3) is 0 Å². The van der Waals surface area contributed by atoms with E-state index < -0.39 is 37.4 Å². The molecule has 0 saturated carbocycles. The van der Waals surface area contributed by atoms with Crippen molar-refractivity contribution < 1.29 is 23.1 Å². The first-order chi connectivity index (χ1) is 8.59. The Kier molecular flexibility index (Phi) is 4.44. The molecule has 104 valence electrons. The number of carbonyl (C=O) groups is 2. The molecular formula is C10H9Cl2NO5S. The van der Waals surface area contributed by atoms with Gasteiger partial charge in [-0.25, -0.2) is 13.2 Å². The number of carboxylic acids is 1. The first-order valence-electron chi connectivity index (χ1n) is 4.84. The van der Waals surface area contributed by atoms with Crippen LogP contribution in [-0.4, -0.2) is 30.7 Å². The van der Waals surface area contributed by atoms with E-state index in [1.165, 1.54) is 0 Å². The van der Waals surface area contributed by atoms with Crippen molar-refractivity contribution in [1.82, 2.24) is 0 Å². The molecule has 0 aliphatic rings. The summed E-state index contributed by atoms with van der Waals surface area (Å²) < 4.78 is 24.1. The molecule has 0 aromatic heterocycles. The third-order valence-electron chi connectivity index (χ3n) is 2.42. The van der Waals surface area contributed by atoms with Gasteiger partial charge in [-0.3, -0.25) is 4.79 Å². The Balaban J connectivity index is 3.56. The van der Waals surface area contributed by atoms with Crippen molar-refractivity contribution in [3.8, 4) is 0 Å². The Morgan fingerprint density at radius 3 is 2.21 bits per heavy atom. The van der Waals surface area contributed by atoms with Gasteiger partial charge in [-0.05, 0) is 19.1 Å². The topological polar surface area (TPSA) is 115 Å². The number of primary amides is 1. The van der Waals surface area contributed by atoms with Crippen molar-refractivity contribution in [2.24, 2.45) is 5.73 Å². The number of hydrogen-bond donors (Lipinski definition) is 2. The van der Waals surface area contributed by atoms with Gasteiger partial charge in [-0.2, -0.15) is 0 Å². The summed E-state index contributed by atoms with van der Waals surface area (Å²) in [6.07, 6.45) is 0. The molecule has 9 heteroatoms. The molecule has 6 nitrogen and oxygen atoms in total. The number of halogens is 2. The first kappa shape index (κ1) is 15.7. The van der Waals surface area contributed by atoms with Crippen molar-refractivity contribution in [3.63, 3.8) is 0 Å². The monoisotopic (exact) mass is 325 g/mol. The zero-order valence-corrected chi connectivity index (χ0v) is 11.9. The van der Waals surface area contributed by atoms with Gasteiger partial charge in [-0.1, -0.05) is 23.2 Å². The second-order valence-corrected chi connectivity index (χ2v) is 6.71. The van der Waals surface area contributed by atoms with E-state index in [2.05, 4.69) is 0 Å². The molecule has 1 unspecified atom stereocenters. The summed E-state index contributed by atoms with van der Waals surface area (Å²) in [6, 6.07) is 1.80. The minimum atomic E-state index is -4.17. The summed E-state index contributed by atoms with van der Waals surface area (Å²) in [7, 11) is -4.17. The maximum atomic E-state index is 12.1. The lowest BCUT2D eigenvalue weighted by Crippen LogP contribution is -2.33. The molecule has 0 fully saturated rings. The average molecular weight is 326 g/mol. The standard InChI is InChI=1S/C10H9Cl2NO5S/c1-4(9(13)14)19(17,18)8-2-5(10(15)16)6(11)3-7(8)12/h2-4H,1H3,(H2,13,14)(H,15,16). The van der Waals surface area contributed by atoms with E-state index in [0.717, 1.165) is 19.1 Å². The van der Waals surface area contributed by atoms with E-state index >= 15 is 0 Å². The molecule has 1 rings (SSSR count). The lowest BCUT2D eigenvalue weighted by molar-refractivity contribution is -0.117. The molecule has 0 heterocycles. The van der Waals surface area contributed by atoms with Crippen molar-refractivity contribution in [1.29, 1.82) is 0 Å². The van der Waals surface area contributed by atoms with Crippen molar-refractivity contribution in [2.45, 2.75) is 17.1 Å². The number of carbonyl (C=O) groups excluding carboxylic acids is 1. The molecule has 1 aromatic carbocycles. The Labute approximate surface area is 119 Å². The van der Waals surface area contributed by atoms with Crippen LogP contribution in [0.3, 0.4) is 0 Å². The van der Waals surface area contributed by atoms with E-state index in [4.69, 9.17) is 34.0 Å². The van der Waals surface area contributed by atoms with Gasteiger partial charge >= 0.3 is 5.97 Å². The smallest absolute Gasteiger partial charge is 0.337 e. The number of carboxylic acid groups (broad SMARTS) is 1. The molecule has 1 amide bonds. The highest BCUT2D eigenvalue weighted by atomic mass is 35.5. The molecule has 0 bridgehead atoms. The number of benzene rings is 1. The molecule has 0 saturated heterocycles. The lowest BCUT2D eigenvalue weighted by atomic mass is 10.2. The summed E-state index contributed by atoms with van der Waals surface area (Å²) in [4.78, 5) is 21.4. The van der Waals surface area contributed by atoms with Gasteiger partial charge in [0.15, 0.2) is 9.84 Å². The zero-order valence-electron chi connectivity index (χ0n) is 9.55. The molecular weight excluding hydrogens is 317 g/mol. The van der Waals surface area contributed by atoms with E-state index in [1.807, 2.05) is 0 Å². The molecule has 3 N–H and O–H groups in total. The molecule has 1 atom stereocenters. The highest BCUT2D eigenvalue weighted by molar-refractivity contribution is 7.92. The van der Waals surface area contributed by atoms with Crippen molar-refractivity contribution in [3.05, 3.63) is 27.7 Å². The molecule has 0 aliphatic heterocycles. The van der Waals surface area contributed by atoms with Crippen LogP contribution in [0.1, 0.15) is 17.3 Å². The summed E-state index contributed by atoms with van der Waals surface area (Å²) in [6.45, 7) is 1.09. The summed E-state index contributed by atoms with van der Waals surface area (Å²) >= 11 is 11.4. The van der Waals surface area contributed by atoms with Crippen LogP contribution in [0, 0.1) is 0 Å². The van der Waals surface area contributed by atoms with Gasteiger partial charge in [-0.15, -0.1) is 0 Å². The number of nitrogens with two attached hydrogens (primary N) is 1. The predicted octanol–water partition coefficient (Wildman–Crippen LogP) is 1.34. The van der Waals surface area contributed by atoms with Gasteiger partial charge in [0, 0.05) is 0 Å². The highest BCUT2D eigenvalue weighted by Crippen LogP contribution is 2.30. The Morgan fingerprint density at radius 1 is 1.26 bits per heavy atom. The lowest BCUT2D eigenvalue weighted by Gasteiger charge is -2.12. The quantitative estimate of drug-likeness (QED) is 0.866. The van der Waals surface area contributed by atoms with Crippen molar-refractivity contribution in [2.75, 3.05) is 0 Å². The van der Waals surface area contributed by atoms with Gasteiger partial charge < -0.3 is 10.8 Å². The molecule has 1 aromatic rings. The number of sulfone groups is 1. The Bertz CT molecular complexity index is 656. The van der Waals surface area contributed by atoms with Crippen molar-refractivity contribution >= 4 is 44.9 Å². The van der Waals surface area contributed by atoms with E-state index in [-0.39, 0.29) is 10.0 Å². The van der Waals surface area contributed by atoms with Crippen LogP contribution in [-0.2, 0) is 14.6 Å². The fraction of sp³-hybridized carbons (Fsp3) is 0.200. The molecule has 0 aliphatic carbocycles. The molecule has 0 radical (unpaired) electrons. The third-order valence-corrected chi connectivity index (χ3v) is 5.28. The summed E-state index contributed by atoms with van der Waals surface area (Å²) in [5, 5.41) is 6.87. The maximum absolute atomic E-state index is 12.1. The largest absolute Gasteiger partial charge is 0.478 e. The number of amides is 1. The van der Waals surface area contributed by atoms with Crippen LogP contribution in [0.5, 0.6) is 0 Å². The van der Waals surface area contributed by atoms with Gasteiger partial charge in [0.25, 0.3) is 0 Å². The molecule has 0 spiro atoms. The van der Waals surface area contributed by atoms with Gasteiger partial charge in [0.05, 0.1) is 20.5 Å². The number of aromatic carboxylic acids is 1. The van der Waals surface area contributed by atoms with Crippen LogP contribution < -0.4 is 5.73 Å². The number of rotatable bonds is 4. The fourth-order valence-corrected chi connectivity index (χ4v) is 3.34. The Morgan fingerprint density at radius 2 is 1.79 bits per heavy atom.